The summed E-state index contributed by atoms with van der Waals surface area (Å²) in [5, 5.41) is 3.00. The number of carbonyl (C=O) groups is 1. The highest BCUT2D eigenvalue weighted by molar-refractivity contribution is 5.95. The molecule has 1 aliphatic rings. The molecular formula is C18H19NO3. The molecule has 22 heavy (non-hydrogen) atoms. The van der Waals surface area contributed by atoms with Crippen LogP contribution in [0.25, 0.3) is 0 Å². The highest BCUT2D eigenvalue weighted by Crippen LogP contribution is 2.30. The fourth-order valence-electron chi connectivity index (χ4n) is 2.41. The number of ether oxygens (including phenoxy) is 2. The molecule has 1 aliphatic heterocycles. The van der Waals surface area contributed by atoms with Crippen molar-refractivity contribution in [1.82, 2.24) is 5.32 Å². The number of fused-ring (bicyclic) bond motifs is 1. The van der Waals surface area contributed by atoms with E-state index in [1.807, 2.05) is 37.3 Å². The van der Waals surface area contributed by atoms with Crippen LogP contribution >= 0.6 is 0 Å². The Morgan fingerprint density at radius 1 is 1.05 bits per heavy atom. The van der Waals surface area contributed by atoms with Crippen LogP contribution in [0.5, 0.6) is 11.5 Å². The molecule has 0 aliphatic carbocycles. The summed E-state index contributed by atoms with van der Waals surface area (Å²) in [6.07, 6.45) is 0.848. The molecular weight excluding hydrogens is 278 g/mol. The van der Waals surface area contributed by atoms with Crippen molar-refractivity contribution in [3.8, 4) is 11.5 Å². The average molecular weight is 297 g/mol. The number of hydrogen-bond acceptors (Lipinski definition) is 3. The predicted molar refractivity (Wildman–Crippen MR) is 84.4 cm³/mol. The van der Waals surface area contributed by atoms with Crippen molar-refractivity contribution in [3.05, 3.63) is 59.7 Å². The maximum absolute atomic E-state index is 12.4. The highest BCUT2D eigenvalue weighted by atomic mass is 16.5. The minimum atomic E-state index is -0.119. The van der Waals surface area contributed by atoms with Gasteiger partial charge >= 0.3 is 0 Å². The molecule has 0 spiro atoms. The Labute approximate surface area is 130 Å². The molecule has 2 aromatic rings. The van der Waals surface area contributed by atoms with Crippen molar-refractivity contribution in [3.63, 3.8) is 0 Å². The van der Waals surface area contributed by atoms with E-state index in [-0.39, 0.29) is 11.9 Å². The fourth-order valence-corrected chi connectivity index (χ4v) is 2.41. The number of benzene rings is 2. The summed E-state index contributed by atoms with van der Waals surface area (Å²) < 4.78 is 11.2. The fraction of sp³-hybridized carbons (Fsp3) is 0.278. The molecule has 0 aromatic heterocycles. The lowest BCUT2D eigenvalue weighted by atomic mass is 10.1. The summed E-state index contributed by atoms with van der Waals surface area (Å²) in [7, 11) is 0. The molecule has 0 bridgehead atoms. The number of hydrogen-bond donors (Lipinski definition) is 1. The van der Waals surface area contributed by atoms with Gasteiger partial charge in [-0.3, -0.25) is 4.79 Å². The normalized spacial score (nSPS) is 14.8. The highest BCUT2D eigenvalue weighted by Gasteiger charge is 2.16. The Hall–Kier alpha value is -2.49. The molecule has 4 heteroatoms. The Bertz CT molecular complexity index is 655. The largest absolute Gasteiger partial charge is 0.490 e. The van der Waals surface area contributed by atoms with Crippen molar-refractivity contribution in [1.29, 1.82) is 0 Å². The molecule has 1 atom stereocenters. The SMILES string of the molecule is C[C@H](NC(=O)c1ccc2c(c1)OCCCO2)c1ccccc1. The van der Waals surface area contributed by atoms with Crippen molar-refractivity contribution < 1.29 is 14.3 Å². The Kier molecular flexibility index (Phi) is 4.28. The van der Waals surface area contributed by atoms with Gasteiger partial charge in [-0.05, 0) is 30.7 Å². The Morgan fingerprint density at radius 3 is 2.55 bits per heavy atom. The molecule has 0 radical (unpaired) electrons. The number of nitrogens with one attached hydrogen (secondary N) is 1. The first kappa shape index (κ1) is 14.4. The second kappa shape index (κ2) is 6.52. The summed E-state index contributed by atoms with van der Waals surface area (Å²) >= 11 is 0. The summed E-state index contributed by atoms with van der Waals surface area (Å²) in [6.45, 7) is 3.22. The predicted octanol–water partition coefficient (Wildman–Crippen LogP) is 3.34. The monoisotopic (exact) mass is 297 g/mol. The van der Waals surface area contributed by atoms with E-state index in [9.17, 15) is 4.79 Å². The second-order valence-electron chi connectivity index (χ2n) is 5.32. The first-order chi connectivity index (χ1) is 10.7. The van der Waals surface area contributed by atoms with Gasteiger partial charge in [-0.1, -0.05) is 30.3 Å². The zero-order valence-corrected chi connectivity index (χ0v) is 12.5. The van der Waals surface area contributed by atoms with Crippen LogP contribution < -0.4 is 14.8 Å². The molecule has 0 fully saturated rings. The first-order valence-electron chi connectivity index (χ1n) is 7.49. The Balaban J connectivity index is 1.74. The van der Waals surface area contributed by atoms with Gasteiger partial charge in [0.2, 0.25) is 0 Å². The van der Waals surface area contributed by atoms with Gasteiger partial charge in [-0.25, -0.2) is 0 Å². The van der Waals surface area contributed by atoms with E-state index in [1.54, 1.807) is 18.2 Å². The summed E-state index contributed by atoms with van der Waals surface area (Å²) in [4.78, 5) is 12.4. The number of amides is 1. The van der Waals surface area contributed by atoms with Gasteiger partial charge in [0.15, 0.2) is 11.5 Å². The van der Waals surface area contributed by atoms with Crippen molar-refractivity contribution in [2.24, 2.45) is 0 Å². The summed E-state index contributed by atoms with van der Waals surface area (Å²) in [5.41, 5.74) is 1.65. The minimum absolute atomic E-state index is 0.0512. The molecule has 2 aromatic carbocycles. The van der Waals surface area contributed by atoms with E-state index >= 15 is 0 Å². The van der Waals surface area contributed by atoms with Crippen LogP contribution in [0.3, 0.4) is 0 Å². The summed E-state index contributed by atoms with van der Waals surface area (Å²) in [6, 6.07) is 15.1. The minimum Gasteiger partial charge on any atom is -0.490 e. The third kappa shape index (κ3) is 3.22. The van der Waals surface area contributed by atoms with Crippen LogP contribution in [-0.4, -0.2) is 19.1 Å². The maximum atomic E-state index is 12.4. The van der Waals surface area contributed by atoms with Crippen LogP contribution in [0, 0.1) is 0 Å². The molecule has 0 unspecified atom stereocenters. The van der Waals surface area contributed by atoms with E-state index in [0.717, 1.165) is 12.0 Å². The standard InChI is InChI=1S/C18H19NO3/c1-13(14-6-3-2-4-7-14)19-18(20)15-8-9-16-17(12-15)22-11-5-10-21-16/h2-4,6-9,12-13H,5,10-11H2,1H3,(H,19,20)/t13-/m0/s1. The smallest absolute Gasteiger partial charge is 0.251 e. The summed E-state index contributed by atoms with van der Waals surface area (Å²) in [5.74, 6) is 1.22. The van der Waals surface area contributed by atoms with Gasteiger partial charge in [0, 0.05) is 12.0 Å². The van der Waals surface area contributed by atoms with Crippen molar-refractivity contribution in [2.45, 2.75) is 19.4 Å². The third-order valence-corrected chi connectivity index (χ3v) is 3.66. The Morgan fingerprint density at radius 2 is 1.77 bits per heavy atom. The van der Waals surface area contributed by atoms with Crippen LogP contribution in [0.1, 0.15) is 35.3 Å². The van der Waals surface area contributed by atoms with Crippen molar-refractivity contribution in [2.75, 3.05) is 13.2 Å². The zero-order valence-electron chi connectivity index (χ0n) is 12.5. The van der Waals surface area contributed by atoms with E-state index in [1.165, 1.54) is 0 Å². The van der Waals surface area contributed by atoms with Crippen molar-refractivity contribution >= 4 is 5.91 Å². The number of carbonyl (C=O) groups excluding carboxylic acids is 1. The van der Waals surface area contributed by atoms with E-state index in [2.05, 4.69) is 5.32 Å². The van der Waals surface area contributed by atoms with Gasteiger partial charge in [0.25, 0.3) is 5.91 Å². The quantitative estimate of drug-likeness (QED) is 0.945. The van der Waals surface area contributed by atoms with Gasteiger partial charge in [0.1, 0.15) is 0 Å². The molecule has 0 saturated carbocycles. The van der Waals surface area contributed by atoms with Gasteiger partial charge in [0.05, 0.1) is 19.3 Å². The van der Waals surface area contributed by atoms with E-state index < -0.39 is 0 Å². The maximum Gasteiger partial charge on any atom is 0.251 e. The molecule has 114 valence electrons. The molecule has 1 heterocycles. The average Bonchev–Trinajstić information content (AvgIpc) is 2.80. The second-order valence-corrected chi connectivity index (χ2v) is 5.32. The van der Waals surface area contributed by atoms with E-state index in [0.29, 0.717) is 30.3 Å². The topological polar surface area (TPSA) is 47.6 Å². The third-order valence-electron chi connectivity index (χ3n) is 3.66. The lowest BCUT2D eigenvalue weighted by Crippen LogP contribution is -2.26. The molecule has 3 rings (SSSR count). The van der Waals surface area contributed by atoms with Crippen LogP contribution in [0.4, 0.5) is 0 Å². The number of rotatable bonds is 3. The van der Waals surface area contributed by atoms with Crippen LogP contribution in [-0.2, 0) is 0 Å². The molecule has 4 nitrogen and oxygen atoms in total. The van der Waals surface area contributed by atoms with Gasteiger partial charge in [-0.2, -0.15) is 0 Å². The lowest BCUT2D eigenvalue weighted by molar-refractivity contribution is 0.0939. The zero-order chi connectivity index (χ0) is 15.4. The van der Waals surface area contributed by atoms with Crippen LogP contribution in [0.15, 0.2) is 48.5 Å². The molecule has 0 saturated heterocycles. The first-order valence-corrected chi connectivity index (χ1v) is 7.49. The molecule has 1 amide bonds. The lowest BCUT2D eigenvalue weighted by Gasteiger charge is -2.15. The van der Waals surface area contributed by atoms with Gasteiger partial charge in [-0.15, -0.1) is 0 Å². The van der Waals surface area contributed by atoms with E-state index in [4.69, 9.17) is 9.47 Å². The van der Waals surface area contributed by atoms with Crippen LogP contribution in [0.2, 0.25) is 0 Å². The molecule has 1 N–H and O–H groups in total. The van der Waals surface area contributed by atoms with Gasteiger partial charge < -0.3 is 14.8 Å².